The first-order valence-electron chi connectivity index (χ1n) is 9.71. The summed E-state index contributed by atoms with van der Waals surface area (Å²) in [5, 5.41) is 13.5. The van der Waals surface area contributed by atoms with Gasteiger partial charge in [-0.05, 0) is 30.3 Å². The average Bonchev–Trinajstić information content (AvgIpc) is 3.16. The summed E-state index contributed by atoms with van der Waals surface area (Å²) in [5.74, 6) is 0.609. The molecule has 6 nitrogen and oxygen atoms in total. The summed E-state index contributed by atoms with van der Waals surface area (Å²) in [7, 11) is 0. The van der Waals surface area contributed by atoms with E-state index in [9.17, 15) is 18.3 Å². The number of alkyl halides is 3. The van der Waals surface area contributed by atoms with E-state index >= 15 is 0 Å². The second-order valence-electron chi connectivity index (χ2n) is 7.24. The highest BCUT2D eigenvalue weighted by Gasteiger charge is 2.30. The van der Waals surface area contributed by atoms with Crippen molar-refractivity contribution in [1.82, 2.24) is 15.2 Å². The van der Waals surface area contributed by atoms with Gasteiger partial charge >= 0.3 is 6.18 Å². The molecule has 9 heteroatoms. The zero-order valence-electron chi connectivity index (χ0n) is 16.2. The molecule has 0 spiro atoms. The van der Waals surface area contributed by atoms with Crippen LogP contribution in [0.15, 0.2) is 46.9 Å². The van der Waals surface area contributed by atoms with E-state index in [2.05, 4.69) is 15.2 Å². The lowest BCUT2D eigenvalue weighted by Crippen LogP contribution is -2.47. The Kier molecular flexibility index (Phi) is 5.94. The first kappa shape index (κ1) is 20.6. The van der Waals surface area contributed by atoms with Crippen molar-refractivity contribution in [2.45, 2.75) is 12.3 Å². The molecule has 1 saturated heterocycles. The SMILES string of the molecule is OC(COc1ccc2oc(-c3cccc(C(F)(F)F)c3)nc2c1)CN1CCNCC1. The van der Waals surface area contributed by atoms with Crippen LogP contribution in [0.5, 0.6) is 5.75 Å². The van der Waals surface area contributed by atoms with Crippen molar-refractivity contribution in [2.75, 3.05) is 39.3 Å². The Labute approximate surface area is 171 Å². The van der Waals surface area contributed by atoms with Gasteiger partial charge in [0.1, 0.15) is 24.0 Å². The molecule has 0 bridgehead atoms. The third-order valence-corrected chi connectivity index (χ3v) is 4.92. The molecule has 4 rings (SSSR count). The first-order valence-corrected chi connectivity index (χ1v) is 9.71. The number of hydrogen-bond acceptors (Lipinski definition) is 6. The fourth-order valence-electron chi connectivity index (χ4n) is 3.39. The third-order valence-electron chi connectivity index (χ3n) is 4.92. The average molecular weight is 421 g/mol. The van der Waals surface area contributed by atoms with E-state index in [4.69, 9.17) is 9.15 Å². The maximum absolute atomic E-state index is 12.9. The lowest BCUT2D eigenvalue weighted by atomic mass is 10.1. The number of β-amino-alcohol motifs (C(OH)–C–C–N with tert-alkyl or cyclic N) is 1. The zero-order valence-corrected chi connectivity index (χ0v) is 16.2. The van der Waals surface area contributed by atoms with Crippen LogP contribution in [0.4, 0.5) is 13.2 Å². The maximum atomic E-state index is 12.9. The number of piperazine rings is 1. The van der Waals surface area contributed by atoms with Gasteiger partial charge in [-0.15, -0.1) is 0 Å². The Morgan fingerprint density at radius 1 is 1.17 bits per heavy atom. The van der Waals surface area contributed by atoms with E-state index in [1.807, 2.05) is 0 Å². The second kappa shape index (κ2) is 8.63. The van der Waals surface area contributed by atoms with E-state index in [-0.39, 0.29) is 18.1 Å². The molecule has 2 aromatic carbocycles. The molecule has 2 heterocycles. The number of ether oxygens (including phenoxy) is 1. The Bertz CT molecular complexity index is 1000. The Morgan fingerprint density at radius 3 is 2.73 bits per heavy atom. The lowest BCUT2D eigenvalue weighted by molar-refractivity contribution is -0.137. The van der Waals surface area contributed by atoms with Gasteiger partial charge < -0.3 is 19.6 Å². The lowest BCUT2D eigenvalue weighted by Gasteiger charge is -2.28. The van der Waals surface area contributed by atoms with Crippen LogP contribution in [-0.4, -0.2) is 60.4 Å². The number of aliphatic hydroxyl groups is 1. The minimum atomic E-state index is -4.44. The zero-order chi connectivity index (χ0) is 21.1. The summed E-state index contributed by atoms with van der Waals surface area (Å²) in [6.07, 6.45) is -5.06. The van der Waals surface area contributed by atoms with E-state index in [0.717, 1.165) is 38.3 Å². The van der Waals surface area contributed by atoms with Crippen LogP contribution >= 0.6 is 0 Å². The molecule has 1 unspecified atom stereocenters. The van der Waals surface area contributed by atoms with Gasteiger partial charge in [-0.1, -0.05) is 6.07 Å². The van der Waals surface area contributed by atoms with Gasteiger partial charge in [0.15, 0.2) is 5.58 Å². The molecule has 1 fully saturated rings. The largest absolute Gasteiger partial charge is 0.491 e. The van der Waals surface area contributed by atoms with Crippen LogP contribution in [-0.2, 0) is 6.18 Å². The number of benzene rings is 2. The predicted molar refractivity (Wildman–Crippen MR) is 105 cm³/mol. The van der Waals surface area contributed by atoms with Crippen LogP contribution in [0.1, 0.15) is 5.56 Å². The summed E-state index contributed by atoms with van der Waals surface area (Å²) in [6.45, 7) is 4.26. The van der Waals surface area contributed by atoms with Crippen LogP contribution < -0.4 is 10.1 Å². The van der Waals surface area contributed by atoms with E-state index in [1.54, 1.807) is 18.2 Å². The molecule has 0 amide bonds. The van der Waals surface area contributed by atoms with E-state index < -0.39 is 17.8 Å². The van der Waals surface area contributed by atoms with Crippen molar-refractivity contribution < 1.29 is 27.4 Å². The summed E-state index contributed by atoms with van der Waals surface area (Å²) >= 11 is 0. The summed E-state index contributed by atoms with van der Waals surface area (Å²) in [4.78, 5) is 6.47. The smallest absolute Gasteiger partial charge is 0.416 e. The van der Waals surface area contributed by atoms with Crippen molar-refractivity contribution in [3.05, 3.63) is 48.0 Å². The molecule has 1 atom stereocenters. The van der Waals surface area contributed by atoms with Gasteiger partial charge in [0.25, 0.3) is 0 Å². The summed E-state index contributed by atoms with van der Waals surface area (Å²) in [6, 6.07) is 9.83. The molecular weight excluding hydrogens is 399 g/mol. The molecule has 3 aromatic rings. The predicted octanol–water partition coefficient (Wildman–Crippen LogP) is 3.16. The number of oxazole rings is 1. The number of rotatable bonds is 6. The highest BCUT2D eigenvalue weighted by Crippen LogP contribution is 2.33. The number of fused-ring (bicyclic) bond motifs is 1. The number of nitrogens with zero attached hydrogens (tertiary/aromatic N) is 2. The van der Waals surface area contributed by atoms with Gasteiger partial charge in [-0.3, -0.25) is 4.90 Å². The Balaban J connectivity index is 1.44. The Hall–Kier alpha value is -2.62. The fourth-order valence-corrected chi connectivity index (χ4v) is 3.39. The molecule has 1 aromatic heterocycles. The molecule has 0 aliphatic carbocycles. The third kappa shape index (κ3) is 4.92. The molecular formula is C21H22F3N3O3. The molecule has 1 aliphatic heterocycles. The highest BCUT2D eigenvalue weighted by atomic mass is 19.4. The summed E-state index contributed by atoms with van der Waals surface area (Å²) in [5.41, 5.74) is 0.396. The minimum absolute atomic E-state index is 0.104. The van der Waals surface area contributed by atoms with Crippen LogP contribution in [0.2, 0.25) is 0 Å². The fraction of sp³-hybridized carbons (Fsp3) is 0.381. The van der Waals surface area contributed by atoms with Crippen molar-refractivity contribution in [1.29, 1.82) is 0 Å². The van der Waals surface area contributed by atoms with Crippen LogP contribution in [0.3, 0.4) is 0 Å². The minimum Gasteiger partial charge on any atom is -0.491 e. The van der Waals surface area contributed by atoms with Gasteiger partial charge in [0, 0.05) is 44.4 Å². The molecule has 160 valence electrons. The van der Waals surface area contributed by atoms with Gasteiger partial charge in [0.2, 0.25) is 5.89 Å². The number of nitrogens with one attached hydrogen (secondary N) is 1. The van der Waals surface area contributed by atoms with Crippen molar-refractivity contribution in [3.63, 3.8) is 0 Å². The van der Waals surface area contributed by atoms with Crippen molar-refractivity contribution in [2.24, 2.45) is 0 Å². The van der Waals surface area contributed by atoms with E-state index in [0.29, 0.717) is 23.4 Å². The summed E-state index contributed by atoms with van der Waals surface area (Å²) < 4.78 is 50.1. The molecule has 30 heavy (non-hydrogen) atoms. The highest BCUT2D eigenvalue weighted by molar-refractivity contribution is 5.77. The van der Waals surface area contributed by atoms with Gasteiger partial charge in [-0.2, -0.15) is 13.2 Å². The topological polar surface area (TPSA) is 70.8 Å². The van der Waals surface area contributed by atoms with Crippen LogP contribution in [0.25, 0.3) is 22.6 Å². The number of aromatic nitrogens is 1. The number of halogens is 3. The normalized spacial score (nSPS) is 16.7. The van der Waals surface area contributed by atoms with E-state index in [1.165, 1.54) is 12.1 Å². The van der Waals surface area contributed by atoms with Gasteiger partial charge in [0.05, 0.1) is 5.56 Å². The standard InChI is InChI=1S/C21H22F3N3O3/c22-21(23,24)15-3-1-2-14(10-15)20-26-18-11-17(4-5-19(18)30-20)29-13-16(28)12-27-8-6-25-7-9-27/h1-5,10-11,16,25,28H,6-9,12-13H2. The molecule has 2 N–H and O–H groups in total. The first-order chi connectivity index (χ1) is 14.4. The maximum Gasteiger partial charge on any atom is 0.416 e. The quantitative estimate of drug-likeness (QED) is 0.637. The van der Waals surface area contributed by atoms with Gasteiger partial charge in [-0.25, -0.2) is 4.98 Å². The van der Waals surface area contributed by atoms with Crippen molar-refractivity contribution >= 4 is 11.1 Å². The van der Waals surface area contributed by atoms with Crippen molar-refractivity contribution in [3.8, 4) is 17.2 Å². The molecule has 0 radical (unpaired) electrons. The number of aliphatic hydroxyl groups excluding tert-OH is 1. The molecule has 1 aliphatic rings. The molecule has 0 saturated carbocycles. The number of hydrogen-bond donors (Lipinski definition) is 2. The van der Waals surface area contributed by atoms with Crippen LogP contribution in [0, 0.1) is 0 Å². The second-order valence-corrected chi connectivity index (χ2v) is 7.24. The monoisotopic (exact) mass is 421 g/mol. The Morgan fingerprint density at radius 2 is 1.97 bits per heavy atom.